The Bertz CT molecular complexity index is 1010. The van der Waals surface area contributed by atoms with Gasteiger partial charge in [0.15, 0.2) is 6.61 Å². The van der Waals surface area contributed by atoms with E-state index in [4.69, 9.17) is 4.74 Å². The molecule has 1 amide bonds. The zero-order chi connectivity index (χ0) is 20.2. The van der Waals surface area contributed by atoms with Gasteiger partial charge in [0, 0.05) is 16.7 Å². The van der Waals surface area contributed by atoms with Crippen LogP contribution in [0.25, 0.3) is 5.69 Å². The van der Waals surface area contributed by atoms with Gasteiger partial charge in [0.1, 0.15) is 6.33 Å². The third kappa shape index (κ3) is 4.29. The number of hydrogen-bond donors (Lipinski definition) is 0. The van der Waals surface area contributed by atoms with Crippen LogP contribution in [0.15, 0.2) is 59.8 Å². The van der Waals surface area contributed by atoms with E-state index in [0.717, 1.165) is 22.7 Å². The number of amides is 1. The number of carbonyl (C=O) groups excluding carboxylic acids is 2. The number of hydrogen-bond acceptors (Lipinski definition) is 7. The predicted molar refractivity (Wildman–Crippen MR) is 108 cm³/mol. The highest BCUT2D eigenvalue weighted by atomic mass is 32.2. The molecule has 0 aliphatic carbocycles. The zero-order valence-electron chi connectivity index (χ0n) is 15.8. The topological polar surface area (TPSA) is 90.2 Å². The second kappa shape index (κ2) is 8.44. The first kappa shape index (κ1) is 19.1. The maximum atomic E-state index is 12.8. The summed E-state index contributed by atoms with van der Waals surface area (Å²) in [7, 11) is 0. The van der Waals surface area contributed by atoms with Gasteiger partial charge in [0.2, 0.25) is 0 Å². The first-order valence-electron chi connectivity index (χ1n) is 9.18. The quantitative estimate of drug-likeness (QED) is 0.612. The lowest BCUT2D eigenvalue weighted by Gasteiger charge is -2.22. The Morgan fingerprint density at radius 2 is 1.97 bits per heavy atom. The van der Waals surface area contributed by atoms with Crippen LogP contribution in [-0.2, 0) is 9.53 Å². The summed E-state index contributed by atoms with van der Waals surface area (Å²) in [5.41, 5.74) is 1.94. The van der Waals surface area contributed by atoms with Crippen LogP contribution in [0.2, 0.25) is 0 Å². The lowest BCUT2D eigenvalue weighted by atomic mass is 10.2. The van der Waals surface area contributed by atoms with Gasteiger partial charge in [-0.15, -0.1) is 16.9 Å². The van der Waals surface area contributed by atoms with Gasteiger partial charge >= 0.3 is 5.97 Å². The Labute approximate surface area is 171 Å². The van der Waals surface area contributed by atoms with E-state index in [9.17, 15) is 9.59 Å². The molecule has 0 saturated heterocycles. The Hall–Kier alpha value is -3.20. The summed E-state index contributed by atoms with van der Waals surface area (Å²) in [5.74, 6) is -0.779. The highest BCUT2D eigenvalue weighted by molar-refractivity contribution is 8.00. The van der Waals surface area contributed by atoms with E-state index in [1.807, 2.05) is 24.3 Å². The van der Waals surface area contributed by atoms with Gasteiger partial charge in [0.25, 0.3) is 5.91 Å². The van der Waals surface area contributed by atoms with Crippen molar-refractivity contribution in [3.8, 4) is 5.69 Å². The van der Waals surface area contributed by atoms with Crippen molar-refractivity contribution in [1.29, 1.82) is 0 Å². The number of carbonyl (C=O) groups is 2. The van der Waals surface area contributed by atoms with Crippen LogP contribution < -0.4 is 4.90 Å². The van der Waals surface area contributed by atoms with Crippen LogP contribution in [0.3, 0.4) is 0 Å². The SMILES string of the molecule is CC1CCN(C(=O)COC(=O)c2ccc(-n3cnnn3)cc2)c2ccccc2S1. The smallest absolute Gasteiger partial charge is 0.338 e. The molecular formula is C20H19N5O3S. The largest absolute Gasteiger partial charge is 0.452 e. The number of para-hydroxylation sites is 1. The number of benzene rings is 2. The van der Waals surface area contributed by atoms with E-state index in [-0.39, 0.29) is 12.5 Å². The molecule has 0 fully saturated rings. The molecule has 2 heterocycles. The van der Waals surface area contributed by atoms with Crippen molar-refractivity contribution < 1.29 is 14.3 Å². The lowest BCUT2D eigenvalue weighted by molar-refractivity contribution is -0.121. The van der Waals surface area contributed by atoms with Gasteiger partial charge in [-0.25, -0.2) is 9.48 Å². The number of tetrazole rings is 1. The predicted octanol–water partition coefficient (Wildman–Crippen LogP) is 2.74. The molecule has 0 bridgehead atoms. The molecule has 1 aliphatic rings. The number of nitrogens with zero attached hydrogens (tertiary/aromatic N) is 5. The Kier molecular flexibility index (Phi) is 5.57. The summed E-state index contributed by atoms with van der Waals surface area (Å²) >= 11 is 1.76. The van der Waals surface area contributed by atoms with Crippen molar-refractivity contribution in [3.05, 3.63) is 60.4 Å². The van der Waals surface area contributed by atoms with Crippen LogP contribution >= 0.6 is 11.8 Å². The molecule has 4 rings (SSSR count). The highest BCUT2D eigenvalue weighted by Gasteiger charge is 2.25. The van der Waals surface area contributed by atoms with Crippen molar-refractivity contribution in [2.75, 3.05) is 18.1 Å². The summed E-state index contributed by atoms with van der Waals surface area (Å²) in [6.45, 7) is 2.44. The molecule has 3 aromatic rings. The fraction of sp³-hybridized carbons (Fsp3) is 0.250. The van der Waals surface area contributed by atoms with Crippen molar-refractivity contribution >= 4 is 29.3 Å². The van der Waals surface area contributed by atoms with Crippen LogP contribution in [0.1, 0.15) is 23.7 Å². The first-order chi connectivity index (χ1) is 14.1. The molecule has 29 heavy (non-hydrogen) atoms. The minimum Gasteiger partial charge on any atom is -0.452 e. The van der Waals surface area contributed by atoms with Gasteiger partial charge in [-0.3, -0.25) is 4.79 Å². The van der Waals surface area contributed by atoms with Gasteiger partial charge in [-0.05, 0) is 53.2 Å². The molecule has 1 unspecified atom stereocenters. The molecule has 1 aliphatic heterocycles. The second-order valence-corrected chi connectivity index (χ2v) is 8.09. The molecule has 0 saturated carbocycles. The van der Waals surface area contributed by atoms with E-state index in [1.54, 1.807) is 40.9 Å². The average molecular weight is 409 g/mol. The standard InChI is InChI=1S/C20H19N5O3S/c1-14-10-11-24(17-4-2-3-5-18(17)29-14)19(26)12-28-20(27)15-6-8-16(9-7-15)25-13-21-22-23-25/h2-9,13-14H,10-12H2,1H3. The van der Waals surface area contributed by atoms with Crippen molar-refractivity contribution in [3.63, 3.8) is 0 Å². The molecule has 0 spiro atoms. The van der Waals surface area contributed by atoms with E-state index >= 15 is 0 Å². The van der Waals surface area contributed by atoms with Crippen LogP contribution in [-0.4, -0.2) is 50.5 Å². The monoisotopic (exact) mass is 409 g/mol. The summed E-state index contributed by atoms with van der Waals surface area (Å²) in [6.07, 6.45) is 2.34. The van der Waals surface area contributed by atoms with Crippen LogP contribution in [0.4, 0.5) is 5.69 Å². The van der Waals surface area contributed by atoms with Crippen molar-refractivity contribution in [1.82, 2.24) is 20.2 Å². The number of esters is 1. The fourth-order valence-electron chi connectivity index (χ4n) is 3.06. The van der Waals surface area contributed by atoms with Gasteiger partial charge in [0.05, 0.1) is 16.9 Å². The number of fused-ring (bicyclic) bond motifs is 1. The molecule has 0 radical (unpaired) electrons. The fourth-order valence-corrected chi connectivity index (χ4v) is 4.18. The highest BCUT2D eigenvalue weighted by Crippen LogP contribution is 2.37. The second-order valence-electron chi connectivity index (χ2n) is 6.61. The minimum absolute atomic E-state index is 0.231. The Morgan fingerprint density at radius 1 is 1.17 bits per heavy atom. The molecule has 0 N–H and O–H groups in total. The maximum absolute atomic E-state index is 12.8. The van der Waals surface area contributed by atoms with Gasteiger partial charge < -0.3 is 9.64 Å². The normalized spacial score (nSPS) is 16.0. The summed E-state index contributed by atoms with van der Waals surface area (Å²) in [4.78, 5) is 27.9. The number of aromatic nitrogens is 4. The number of anilines is 1. The average Bonchev–Trinajstić information content (AvgIpc) is 3.22. The number of ether oxygens (including phenoxy) is 1. The number of rotatable bonds is 4. The van der Waals surface area contributed by atoms with Crippen molar-refractivity contribution in [2.24, 2.45) is 0 Å². The zero-order valence-corrected chi connectivity index (χ0v) is 16.6. The third-order valence-electron chi connectivity index (χ3n) is 4.59. The van der Waals surface area contributed by atoms with Gasteiger partial charge in [-0.1, -0.05) is 19.1 Å². The van der Waals surface area contributed by atoms with E-state index in [0.29, 0.717) is 17.4 Å². The first-order valence-corrected chi connectivity index (χ1v) is 10.1. The van der Waals surface area contributed by atoms with Crippen LogP contribution in [0.5, 0.6) is 0 Å². The number of thioether (sulfide) groups is 1. The van der Waals surface area contributed by atoms with E-state index < -0.39 is 5.97 Å². The molecule has 8 nitrogen and oxygen atoms in total. The Morgan fingerprint density at radius 3 is 2.72 bits per heavy atom. The molecule has 1 aromatic heterocycles. The van der Waals surface area contributed by atoms with Crippen molar-refractivity contribution in [2.45, 2.75) is 23.5 Å². The molecule has 1 atom stereocenters. The van der Waals surface area contributed by atoms with Crippen LogP contribution in [0, 0.1) is 0 Å². The Balaban J connectivity index is 1.41. The minimum atomic E-state index is -0.549. The lowest BCUT2D eigenvalue weighted by Crippen LogP contribution is -2.35. The molecular weight excluding hydrogens is 390 g/mol. The van der Waals surface area contributed by atoms with Gasteiger partial charge in [-0.2, -0.15) is 0 Å². The summed E-state index contributed by atoms with van der Waals surface area (Å²) in [6, 6.07) is 14.5. The molecule has 9 heteroatoms. The third-order valence-corrected chi connectivity index (χ3v) is 5.83. The molecule has 2 aromatic carbocycles. The molecule has 148 valence electrons. The maximum Gasteiger partial charge on any atom is 0.338 e. The van der Waals surface area contributed by atoms with E-state index in [2.05, 4.69) is 22.4 Å². The van der Waals surface area contributed by atoms with E-state index in [1.165, 1.54) is 11.0 Å². The summed E-state index contributed by atoms with van der Waals surface area (Å²) < 4.78 is 6.75. The summed E-state index contributed by atoms with van der Waals surface area (Å²) in [5, 5.41) is 11.4.